The first-order valence-corrected chi connectivity index (χ1v) is 6.33. The maximum atomic E-state index is 13.0. The van der Waals surface area contributed by atoms with Crippen molar-refractivity contribution < 1.29 is 13.9 Å². The zero-order valence-corrected chi connectivity index (χ0v) is 10.9. The lowest BCUT2D eigenvalue weighted by Gasteiger charge is -2.07. The van der Waals surface area contributed by atoms with E-state index in [1.54, 1.807) is 0 Å². The van der Waals surface area contributed by atoms with Gasteiger partial charge in [-0.3, -0.25) is 4.98 Å². The number of hydrogen-bond acceptors (Lipinski definition) is 5. The van der Waals surface area contributed by atoms with Gasteiger partial charge in [0.25, 0.3) is 0 Å². The van der Waals surface area contributed by atoms with Gasteiger partial charge in [0.1, 0.15) is 11.6 Å². The third-order valence-electron chi connectivity index (χ3n) is 3.12. The predicted octanol–water partition coefficient (Wildman–Crippen LogP) is 1.81. The Morgan fingerprint density at radius 3 is 2.95 bits per heavy atom. The van der Waals surface area contributed by atoms with Gasteiger partial charge in [0.05, 0.1) is 11.8 Å². The lowest BCUT2D eigenvalue weighted by molar-refractivity contribution is 0.0456. The smallest absolute Gasteiger partial charge is 0.340 e. The molecule has 0 aliphatic heterocycles. The molecule has 2 aromatic rings. The molecule has 6 nitrogen and oxygen atoms in total. The summed E-state index contributed by atoms with van der Waals surface area (Å²) in [7, 11) is 0. The third-order valence-corrected chi connectivity index (χ3v) is 3.12. The second-order valence-corrected chi connectivity index (χ2v) is 4.73. The van der Waals surface area contributed by atoms with Gasteiger partial charge in [-0.25, -0.2) is 9.18 Å². The van der Waals surface area contributed by atoms with Crippen molar-refractivity contribution >= 4 is 5.97 Å². The average Bonchev–Trinajstić information content (AvgIpc) is 3.20. The zero-order valence-electron chi connectivity index (χ0n) is 10.9. The van der Waals surface area contributed by atoms with E-state index in [9.17, 15) is 9.18 Å². The number of hydrogen-bond donors (Lipinski definition) is 0. The molecule has 0 atom stereocenters. The minimum Gasteiger partial charge on any atom is -0.454 e. The van der Waals surface area contributed by atoms with Crippen LogP contribution in [0.15, 0.2) is 18.5 Å². The van der Waals surface area contributed by atoms with E-state index in [1.807, 2.05) is 11.5 Å². The molecule has 2 aromatic heterocycles. The van der Waals surface area contributed by atoms with Gasteiger partial charge in [-0.2, -0.15) is 0 Å². The first-order chi connectivity index (χ1) is 9.65. The molecule has 1 aliphatic rings. The van der Waals surface area contributed by atoms with Crippen LogP contribution in [0.4, 0.5) is 4.39 Å². The number of aryl methyl sites for hydroxylation is 1. The number of nitrogens with zero attached hydrogens (tertiary/aromatic N) is 4. The van der Waals surface area contributed by atoms with Gasteiger partial charge in [0.2, 0.25) is 0 Å². The van der Waals surface area contributed by atoms with Crippen molar-refractivity contribution in [2.45, 2.75) is 32.4 Å². The fraction of sp³-hybridized carbons (Fsp3) is 0.385. The molecular formula is C13H13FN4O2. The Bertz CT molecular complexity index is 652. The number of pyridine rings is 1. The Kier molecular flexibility index (Phi) is 3.17. The molecule has 7 heteroatoms. The molecule has 0 unspecified atom stereocenters. The van der Waals surface area contributed by atoms with Gasteiger partial charge in [0, 0.05) is 12.2 Å². The maximum absolute atomic E-state index is 13.0. The maximum Gasteiger partial charge on any atom is 0.340 e. The number of halogens is 1. The zero-order chi connectivity index (χ0) is 14.1. The number of carbonyl (C=O) groups excluding carboxylic acids is 1. The van der Waals surface area contributed by atoms with Crippen molar-refractivity contribution in [3.8, 4) is 0 Å². The van der Waals surface area contributed by atoms with Crippen LogP contribution in [-0.2, 0) is 11.3 Å². The summed E-state index contributed by atoms with van der Waals surface area (Å²) in [4.78, 5) is 15.4. The summed E-state index contributed by atoms with van der Waals surface area (Å²) in [5, 5.41) is 8.00. The van der Waals surface area contributed by atoms with Gasteiger partial charge in [0.15, 0.2) is 12.4 Å². The lowest BCUT2D eigenvalue weighted by atomic mass is 10.3. The van der Waals surface area contributed by atoms with Crippen LogP contribution in [0.25, 0.3) is 0 Å². The van der Waals surface area contributed by atoms with Crippen LogP contribution >= 0.6 is 0 Å². The van der Waals surface area contributed by atoms with Crippen LogP contribution in [0.2, 0.25) is 0 Å². The molecule has 1 fully saturated rings. The van der Waals surface area contributed by atoms with Gasteiger partial charge < -0.3 is 9.30 Å². The van der Waals surface area contributed by atoms with Gasteiger partial charge >= 0.3 is 5.97 Å². The van der Waals surface area contributed by atoms with Crippen molar-refractivity contribution in [1.29, 1.82) is 0 Å². The second-order valence-electron chi connectivity index (χ2n) is 4.73. The van der Waals surface area contributed by atoms with E-state index in [2.05, 4.69) is 15.2 Å². The van der Waals surface area contributed by atoms with E-state index < -0.39 is 11.8 Å². The molecular weight excluding hydrogens is 263 g/mol. The first-order valence-electron chi connectivity index (χ1n) is 6.33. The Labute approximate surface area is 114 Å². The normalized spacial score (nSPS) is 14.3. The van der Waals surface area contributed by atoms with Crippen LogP contribution in [0.3, 0.4) is 0 Å². The molecule has 0 amide bonds. The summed E-state index contributed by atoms with van der Waals surface area (Å²) < 4.78 is 20.1. The van der Waals surface area contributed by atoms with E-state index in [0.717, 1.165) is 30.9 Å². The Hall–Kier alpha value is -2.31. The summed E-state index contributed by atoms with van der Waals surface area (Å²) in [5.41, 5.74) is 0.0826. The van der Waals surface area contributed by atoms with Crippen LogP contribution < -0.4 is 0 Å². The van der Waals surface area contributed by atoms with Gasteiger partial charge in [-0.05, 0) is 25.8 Å². The van der Waals surface area contributed by atoms with Crippen molar-refractivity contribution in [2.24, 2.45) is 0 Å². The highest BCUT2D eigenvalue weighted by Gasteiger charge is 2.28. The lowest BCUT2D eigenvalue weighted by Crippen LogP contribution is -2.10. The number of ether oxygens (including phenoxy) is 1. The SMILES string of the molecule is Cc1nnc(COC(=O)c2cncc(F)c2)n1C1CC1. The molecule has 0 radical (unpaired) electrons. The van der Waals surface area contributed by atoms with Crippen molar-refractivity contribution in [3.63, 3.8) is 0 Å². The van der Waals surface area contributed by atoms with Crippen LogP contribution in [0.5, 0.6) is 0 Å². The molecule has 0 saturated heterocycles. The molecule has 0 N–H and O–H groups in total. The number of aromatic nitrogens is 4. The highest BCUT2D eigenvalue weighted by Crippen LogP contribution is 2.36. The molecule has 0 aromatic carbocycles. The number of esters is 1. The molecule has 0 spiro atoms. The fourth-order valence-electron chi connectivity index (χ4n) is 2.06. The van der Waals surface area contributed by atoms with Crippen LogP contribution in [0.1, 0.15) is 40.9 Å². The van der Waals surface area contributed by atoms with Crippen LogP contribution in [-0.4, -0.2) is 25.7 Å². The molecule has 20 heavy (non-hydrogen) atoms. The topological polar surface area (TPSA) is 69.9 Å². The van der Waals surface area contributed by atoms with E-state index in [-0.39, 0.29) is 12.2 Å². The van der Waals surface area contributed by atoms with E-state index in [4.69, 9.17) is 4.74 Å². The number of carbonyl (C=O) groups is 1. The molecule has 104 valence electrons. The summed E-state index contributed by atoms with van der Waals surface area (Å²) in [6.07, 6.45) is 4.48. The standard InChI is InChI=1S/C13H13FN4O2/c1-8-16-17-12(18(8)11-2-3-11)7-20-13(19)9-4-10(14)6-15-5-9/h4-6,11H,2-3,7H2,1H3. The van der Waals surface area contributed by atoms with Crippen molar-refractivity contribution in [1.82, 2.24) is 19.7 Å². The highest BCUT2D eigenvalue weighted by molar-refractivity contribution is 5.88. The van der Waals surface area contributed by atoms with Gasteiger partial charge in [-0.1, -0.05) is 0 Å². The van der Waals surface area contributed by atoms with Crippen LogP contribution in [0, 0.1) is 12.7 Å². The monoisotopic (exact) mass is 276 g/mol. The Morgan fingerprint density at radius 2 is 2.25 bits per heavy atom. The Morgan fingerprint density at radius 1 is 1.45 bits per heavy atom. The highest BCUT2D eigenvalue weighted by atomic mass is 19.1. The summed E-state index contributed by atoms with van der Waals surface area (Å²) in [6.45, 7) is 1.89. The molecule has 1 aliphatic carbocycles. The minimum atomic E-state index is -0.625. The van der Waals surface area contributed by atoms with E-state index >= 15 is 0 Å². The predicted molar refractivity (Wildman–Crippen MR) is 66.3 cm³/mol. The average molecular weight is 276 g/mol. The largest absolute Gasteiger partial charge is 0.454 e. The third kappa shape index (κ3) is 2.52. The summed E-state index contributed by atoms with van der Waals surface area (Å²) in [6, 6.07) is 1.50. The summed E-state index contributed by atoms with van der Waals surface area (Å²) in [5.74, 6) is 0.227. The summed E-state index contributed by atoms with van der Waals surface area (Å²) >= 11 is 0. The Balaban J connectivity index is 1.69. The fourth-order valence-corrected chi connectivity index (χ4v) is 2.06. The minimum absolute atomic E-state index is 0.0205. The molecule has 2 heterocycles. The van der Waals surface area contributed by atoms with Crippen molar-refractivity contribution in [3.05, 3.63) is 41.5 Å². The second kappa shape index (κ2) is 4.99. The molecule has 3 rings (SSSR count). The van der Waals surface area contributed by atoms with Gasteiger partial charge in [-0.15, -0.1) is 10.2 Å². The van der Waals surface area contributed by atoms with E-state index in [0.29, 0.717) is 11.9 Å². The quantitative estimate of drug-likeness (QED) is 0.796. The number of rotatable bonds is 4. The van der Waals surface area contributed by atoms with E-state index in [1.165, 1.54) is 6.20 Å². The molecule has 0 bridgehead atoms. The first kappa shape index (κ1) is 12.7. The van der Waals surface area contributed by atoms with Crippen molar-refractivity contribution in [2.75, 3.05) is 0 Å². The molecule has 1 saturated carbocycles.